The summed E-state index contributed by atoms with van der Waals surface area (Å²) < 4.78 is 35.7. The van der Waals surface area contributed by atoms with Crippen molar-refractivity contribution in [2.75, 3.05) is 4.90 Å². The SMILES string of the molecule is [B]C([B])([B])Oc1cc(-c2cc(O)c(-c3ccc(N(C4C[C@]5(C)CC[C@](C)(C4)C5)C([B])([B])[B])nn3)c(F)c2F)cnn1. The zero-order valence-electron chi connectivity index (χ0n) is 22.8. The molecule has 0 saturated heterocycles. The van der Waals surface area contributed by atoms with Gasteiger partial charge in [-0.3, -0.25) is 0 Å². The molecule has 2 aliphatic rings. The van der Waals surface area contributed by atoms with E-state index in [4.69, 9.17) is 51.8 Å². The van der Waals surface area contributed by atoms with Crippen molar-refractivity contribution >= 4 is 52.9 Å². The maximum Gasteiger partial charge on any atom is 0.232 e. The number of phenols is 1. The van der Waals surface area contributed by atoms with Crippen LogP contribution in [0.1, 0.15) is 46.0 Å². The first-order chi connectivity index (χ1) is 19.0. The maximum absolute atomic E-state index is 15.4. The van der Waals surface area contributed by atoms with E-state index in [9.17, 15) is 5.11 Å². The molecule has 2 saturated carbocycles. The minimum Gasteiger partial charge on any atom is -0.507 e. The molecule has 196 valence electrons. The number of ether oxygens (including phenoxy) is 1. The molecule has 1 aromatic carbocycles. The van der Waals surface area contributed by atoms with E-state index in [0.29, 0.717) is 0 Å². The van der Waals surface area contributed by atoms with E-state index >= 15 is 8.78 Å². The van der Waals surface area contributed by atoms with Crippen molar-refractivity contribution in [3.05, 3.63) is 42.1 Å². The average molecular weight is 540 g/mol. The molecule has 0 amide bonds. The van der Waals surface area contributed by atoms with Crippen LogP contribution in [0.3, 0.4) is 0 Å². The van der Waals surface area contributed by atoms with E-state index in [-0.39, 0.29) is 45.4 Å². The van der Waals surface area contributed by atoms with Gasteiger partial charge in [-0.2, -0.15) is 5.10 Å². The highest BCUT2D eigenvalue weighted by atomic mass is 19.2. The minimum atomic E-state index is -2.08. The van der Waals surface area contributed by atoms with Crippen LogP contribution in [0.4, 0.5) is 14.6 Å². The van der Waals surface area contributed by atoms with Crippen LogP contribution in [-0.4, -0.2) is 89.2 Å². The van der Waals surface area contributed by atoms with Crippen LogP contribution < -0.4 is 9.64 Å². The fourth-order valence-electron chi connectivity index (χ4n) is 6.63. The molecule has 0 aliphatic heterocycles. The molecule has 3 atom stereocenters. The van der Waals surface area contributed by atoms with E-state index in [1.165, 1.54) is 18.2 Å². The average Bonchev–Trinajstić information content (AvgIpc) is 3.07. The first-order valence-electron chi connectivity index (χ1n) is 13.1. The van der Waals surface area contributed by atoms with Crippen LogP contribution >= 0.6 is 0 Å². The molecular weight excluding hydrogens is 517 g/mol. The molecule has 1 unspecified atom stereocenters. The van der Waals surface area contributed by atoms with Crippen LogP contribution in [0, 0.1) is 22.5 Å². The van der Waals surface area contributed by atoms with Crippen molar-refractivity contribution in [2.45, 2.75) is 62.5 Å². The number of rotatable bonds is 7. The van der Waals surface area contributed by atoms with Crippen molar-refractivity contribution < 1.29 is 18.6 Å². The first-order valence-corrected chi connectivity index (χ1v) is 13.1. The second kappa shape index (κ2) is 10.1. The smallest absolute Gasteiger partial charge is 0.232 e. The molecule has 15 heteroatoms. The van der Waals surface area contributed by atoms with Gasteiger partial charge in [-0.05, 0) is 66.4 Å². The predicted molar refractivity (Wildman–Crippen MR) is 156 cm³/mol. The van der Waals surface area contributed by atoms with E-state index in [0.717, 1.165) is 44.4 Å². The third-order valence-corrected chi connectivity index (χ3v) is 7.99. The number of benzene rings is 1. The normalized spacial score (nSPS) is 24.2. The first kappa shape index (κ1) is 29.5. The fraction of sp³-hybridized carbons (Fsp3) is 0.462. The standard InChI is InChI=1S/C26H23B6F2N5O2/c1-23-5-6-24(2,12-23)10-14(9-23)39(25(27,28)29)18-4-3-16(36-37-18)20-17(40)8-15(21(33)22(20)34)13-7-19(38-35-11-13)41-26(30,31)32/h3-4,7-8,11,14,40H,5-6,9-10,12H2,1-2H3/t14?,23-,24+. The Labute approximate surface area is 246 Å². The third-order valence-electron chi connectivity index (χ3n) is 7.99. The Morgan fingerprint density at radius 3 is 2.17 bits per heavy atom. The van der Waals surface area contributed by atoms with Gasteiger partial charge in [-0.25, -0.2) is 8.78 Å². The van der Waals surface area contributed by atoms with Gasteiger partial charge in [0.2, 0.25) is 5.88 Å². The summed E-state index contributed by atoms with van der Waals surface area (Å²) in [6.07, 6.45) is 6.09. The Kier molecular flexibility index (Phi) is 7.26. The Morgan fingerprint density at radius 1 is 0.951 bits per heavy atom. The highest BCUT2D eigenvalue weighted by molar-refractivity contribution is 6.61. The molecule has 1 N–H and O–H groups in total. The van der Waals surface area contributed by atoms with Crippen LogP contribution in [-0.2, 0) is 0 Å². The zero-order valence-corrected chi connectivity index (χ0v) is 22.8. The van der Waals surface area contributed by atoms with Crippen molar-refractivity contribution in [2.24, 2.45) is 10.8 Å². The lowest BCUT2D eigenvalue weighted by atomic mass is 9.47. The molecule has 2 fully saturated rings. The monoisotopic (exact) mass is 541 g/mol. The van der Waals surface area contributed by atoms with Crippen LogP contribution in [0.2, 0.25) is 0 Å². The molecule has 41 heavy (non-hydrogen) atoms. The second-order valence-corrected chi connectivity index (χ2v) is 12.1. The highest BCUT2D eigenvalue weighted by Gasteiger charge is 2.51. The molecule has 3 aromatic rings. The highest BCUT2D eigenvalue weighted by Crippen LogP contribution is 2.59. The number of halogens is 2. The molecule has 2 heterocycles. The third kappa shape index (κ3) is 6.00. The number of nitrogens with zero attached hydrogens (tertiary/aromatic N) is 5. The Morgan fingerprint density at radius 2 is 1.61 bits per heavy atom. The number of fused-ring (bicyclic) bond motifs is 2. The van der Waals surface area contributed by atoms with Crippen molar-refractivity contribution in [3.8, 4) is 34.0 Å². The number of hydrogen-bond acceptors (Lipinski definition) is 7. The van der Waals surface area contributed by atoms with E-state index in [2.05, 4.69) is 34.2 Å². The Bertz CT molecular complexity index is 1450. The minimum absolute atomic E-state index is 0.0172. The summed E-state index contributed by atoms with van der Waals surface area (Å²) >= 11 is 0. The van der Waals surface area contributed by atoms with Gasteiger partial charge in [0.05, 0.1) is 41.0 Å². The number of aromatic nitrogens is 4. The lowest BCUT2D eigenvalue weighted by Crippen LogP contribution is -2.58. The molecule has 0 spiro atoms. The molecule has 2 aromatic heterocycles. The second-order valence-electron chi connectivity index (χ2n) is 12.1. The summed E-state index contributed by atoms with van der Waals surface area (Å²) in [7, 11) is 34.8. The molecule has 12 radical (unpaired) electrons. The maximum atomic E-state index is 15.4. The summed E-state index contributed by atoms with van der Waals surface area (Å²) in [5.74, 6) is -3.21. The van der Waals surface area contributed by atoms with E-state index < -0.39 is 33.5 Å². The van der Waals surface area contributed by atoms with E-state index in [1.807, 2.05) is 0 Å². The zero-order chi connectivity index (χ0) is 30.0. The predicted octanol–water partition coefficient (Wildman–Crippen LogP) is 2.36. The summed E-state index contributed by atoms with van der Waals surface area (Å²) in [5, 5.41) is 22.5. The van der Waals surface area contributed by atoms with Gasteiger partial charge < -0.3 is 14.7 Å². The molecular formula is C26H23B6F2N5O2. The molecule has 2 bridgehead atoms. The molecule has 2 aliphatic carbocycles. The van der Waals surface area contributed by atoms with Gasteiger partial charge in [0.1, 0.15) is 35.1 Å². The largest absolute Gasteiger partial charge is 0.507 e. The summed E-state index contributed by atoms with van der Waals surface area (Å²) in [5.41, 5.74) is -0.670. The van der Waals surface area contributed by atoms with Gasteiger partial charge in [0.25, 0.3) is 0 Å². The van der Waals surface area contributed by atoms with Crippen molar-refractivity contribution in [3.63, 3.8) is 0 Å². The van der Waals surface area contributed by atoms with Crippen molar-refractivity contribution in [1.82, 2.24) is 20.4 Å². The Hall–Kier alpha value is -2.97. The lowest BCUT2D eigenvalue weighted by Gasteiger charge is -2.51. The molecule has 5 rings (SSSR count). The summed E-state index contributed by atoms with van der Waals surface area (Å²) in [4.78, 5) is 1.64. The Balaban J connectivity index is 1.47. The van der Waals surface area contributed by atoms with Gasteiger partial charge in [-0.1, -0.05) is 19.1 Å². The van der Waals surface area contributed by atoms with Gasteiger partial charge in [0, 0.05) is 23.2 Å². The van der Waals surface area contributed by atoms with Gasteiger partial charge in [-0.15, -0.1) is 15.3 Å². The van der Waals surface area contributed by atoms with Crippen LogP contribution in [0.25, 0.3) is 22.4 Å². The number of anilines is 1. The van der Waals surface area contributed by atoms with Gasteiger partial charge >= 0.3 is 0 Å². The van der Waals surface area contributed by atoms with Gasteiger partial charge in [0.15, 0.2) is 11.6 Å². The fourth-order valence-corrected chi connectivity index (χ4v) is 6.63. The number of aromatic hydroxyl groups is 1. The topological polar surface area (TPSA) is 84.3 Å². The molecule has 7 nitrogen and oxygen atoms in total. The summed E-state index contributed by atoms with van der Waals surface area (Å²) in [6.45, 7) is 4.51. The van der Waals surface area contributed by atoms with Crippen molar-refractivity contribution in [1.29, 1.82) is 0 Å². The van der Waals surface area contributed by atoms with Crippen LogP contribution in [0.5, 0.6) is 11.6 Å². The number of hydrogen-bond donors (Lipinski definition) is 1. The quantitative estimate of drug-likeness (QED) is 0.461. The summed E-state index contributed by atoms with van der Waals surface area (Å²) in [6, 6.07) is 5.01. The van der Waals surface area contributed by atoms with Crippen LogP contribution in [0.15, 0.2) is 30.5 Å². The number of phenolic OH excluding ortho intramolecular Hbond substituents is 1. The lowest BCUT2D eigenvalue weighted by molar-refractivity contribution is 0.145. The van der Waals surface area contributed by atoms with E-state index in [1.54, 1.807) is 4.90 Å².